The third-order valence-electron chi connectivity index (χ3n) is 3.02. The van der Waals surface area contributed by atoms with Crippen molar-refractivity contribution in [2.24, 2.45) is 0 Å². The van der Waals surface area contributed by atoms with Gasteiger partial charge in [-0.1, -0.05) is 11.6 Å². The molecule has 0 saturated carbocycles. The summed E-state index contributed by atoms with van der Waals surface area (Å²) in [6.07, 6.45) is 2.46. The normalized spacial score (nSPS) is 18.9. The molecular weight excluding hydrogens is 250 g/mol. The van der Waals surface area contributed by atoms with Gasteiger partial charge < -0.3 is 10.1 Å². The zero-order chi connectivity index (χ0) is 13.6. The van der Waals surface area contributed by atoms with E-state index >= 15 is 0 Å². The first-order valence-electron chi connectivity index (χ1n) is 6.07. The molecule has 2 nitrogen and oxygen atoms in total. The van der Waals surface area contributed by atoms with Gasteiger partial charge in [0, 0.05) is 0 Å². The van der Waals surface area contributed by atoms with Gasteiger partial charge in [0.05, 0.1) is 12.6 Å². The lowest BCUT2D eigenvalue weighted by Gasteiger charge is -2.24. The van der Waals surface area contributed by atoms with E-state index in [0.717, 1.165) is 31.3 Å². The fraction of sp³-hybridized carbons (Fsp3) is 0.833. The second-order valence-corrected chi connectivity index (χ2v) is 4.44. The van der Waals surface area contributed by atoms with E-state index in [1.807, 2.05) is 0 Å². The van der Waals surface area contributed by atoms with Crippen molar-refractivity contribution < 1.29 is 22.3 Å². The van der Waals surface area contributed by atoms with Crippen molar-refractivity contribution in [1.29, 1.82) is 0 Å². The van der Waals surface area contributed by atoms with Gasteiger partial charge in [-0.3, -0.25) is 0 Å². The molecule has 0 aromatic carbocycles. The van der Waals surface area contributed by atoms with E-state index in [2.05, 4.69) is 11.4 Å². The fourth-order valence-electron chi connectivity index (χ4n) is 1.93. The van der Waals surface area contributed by atoms with Crippen LogP contribution in [0.5, 0.6) is 0 Å². The van der Waals surface area contributed by atoms with E-state index in [9.17, 15) is 17.6 Å². The number of allylic oxidation sites excluding steroid dienone is 1. The Bertz CT molecular complexity index is 281. The predicted octanol–water partition coefficient (Wildman–Crippen LogP) is 2.99. The first kappa shape index (κ1) is 15.4. The van der Waals surface area contributed by atoms with Gasteiger partial charge in [-0.15, -0.1) is 0 Å². The van der Waals surface area contributed by atoms with Gasteiger partial charge in [-0.2, -0.15) is 8.78 Å². The van der Waals surface area contributed by atoms with Crippen LogP contribution in [-0.4, -0.2) is 38.7 Å². The molecule has 0 bridgehead atoms. The molecule has 0 aromatic rings. The third kappa shape index (κ3) is 4.57. The molecular formula is C12H19F4NO. The summed E-state index contributed by atoms with van der Waals surface area (Å²) in [5.74, 6) is -4.07. The number of likely N-dealkylation sites (N-methyl/N-ethyl adjacent to an activating group) is 1. The number of rotatable bonds is 7. The van der Waals surface area contributed by atoms with Crippen molar-refractivity contribution in [2.75, 3.05) is 20.3 Å². The highest BCUT2D eigenvalue weighted by atomic mass is 19.3. The lowest BCUT2D eigenvalue weighted by Crippen LogP contribution is -2.37. The van der Waals surface area contributed by atoms with Crippen LogP contribution in [-0.2, 0) is 4.74 Å². The monoisotopic (exact) mass is 269 g/mol. The molecule has 0 spiro atoms. The number of ether oxygens (including phenoxy) is 1. The molecule has 1 rings (SSSR count). The highest BCUT2D eigenvalue weighted by Crippen LogP contribution is 2.24. The van der Waals surface area contributed by atoms with Crippen LogP contribution in [0, 0.1) is 0 Å². The minimum atomic E-state index is -4.07. The predicted molar refractivity (Wildman–Crippen MR) is 61.2 cm³/mol. The van der Waals surface area contributed by atoms with Gasteiger partial charge >= 0.3 is 12.3 Å². The molecule has 0 aromatic heterocycles. The van der Waals surface area contributed by atoms with Crippen molar-refractivity contribution in [3.63, 3.8) is 0 Å². The van der Waals surface area contributed by atoms with Crippen LogP contribution in [0.1, 0.15) is 25.7 Å². The smallest absolute Gasteiger partial charge is 0.330 e. The van der Waals surface area contributed by atoms with E-state index < -0.39 is 19.0 Å². The minimum Gasteiger partial charge on any atom is -0.373 e. The molecule has 0 aliphatic heterocycles. The second kappa shape index (κ2) is 7.09. The summed E-state index contributed by atoms with van der Waals surface area (Å²) >= 11 is 0. The summed E-state index contributed by atoms with van der Waals surface area (Å²) < 4.78 is 53.8. The van der Waals surface area contributed by atoms with Gasteiger partial charge in [0.25, 0.3) is 0 Å². The van der Waals surface area contributed by atoms with Gasteiger partial charge in [0.15, 0.2) is 0 Å². The first-order valence-corrected chi connectivity index (χ1v) is 6.07. The Labute approximate surface area is 104 Å². The Morgan fingerprint density at radius 2 is 2.11 bits per heavy atom. The average Bonchev–Trinajstić information content (AvgIpc) is 2.35. The van der Waals surface area contributed by atoms with Crippen LogP contribution >= 0.6 is 0 Å². The van der Waals surface area contributed by atoms with E-state index in [4.69, 9.17) is 4.74 Å². The van der Waals surface area contributed by atoms with Crippen LogP contribution in [0.4, 0.5) is 17.6 Å². The summed E-state index contributed by atoms with van der Waals surface area (Å²) in [6.45, 7) is -1.25. The molecule has 1 N–H and O–H groups in total. The summed E-state index contributed by atoms with van der Waals surface area (Å²) in [5.41, 5.74) is 1.11. The number of halogens is 4. The van der Waals surface area contributed by atoms with Gasteiger partial charge in [-0.25, -0.2) is 8.78 Å². The van der Waals surface area contributed by atoms with Crippen molar-refractivity contribution in [1.82, 2.24) is 5.32 Å². The van der Waals surface area contributed by atoms with Crippen LogP contribution in [0.15, 0.2) is 11.6 Å². The first-order chi connectivity index (χ1) is 8.47. The van der Waals surface area contributed by atoms with Gasteiger partial charge in [-0.05, 0) is 32.7 Å². The highest BCUT2D eigenvalue weighted by Gasteiger charge is 2.41. The number of nitrogens with one attached hydrogen (secondary N) is 1. The van der Waals surface area contributed by atoms with E-state index in [1.54, 1.807) is 7.05 Å². The van der Waals surface area contributed by atoms with E-state index in [1.165, 1.54) is 0 Å². The zero-order valence-electron chi connectivity index (χ0n) is 10.4. The van der Waals surface area contributed by atoms with Crippen LogP contribution in [0.25, 0.3) is 0 Å². The Kier molecular flexibility index (Phi) is 6.08. The Hall–Kier alpha value is -0.620. The lowest BCUT2D eigenvalue weighted by atomic mass is 9.94. The Balaban J connectivity index is 2.38. The maximum Gasteiger partial charge on any atom is 0.330 e. The van der Waals surface area contributed by atoms with Crippen LogP contribution < -0.4 is 5.32 Å². The molecule has 0 heterocycles. The molecule has 1 aliphatic carbocycles. The Morgan fingerprint density at radius 1 is 1.39 bits per heavy atom. The summed E-state index contributed by atoms with van der Waals surface area (Å²) in [7, 11) is 1.70. The molecule has 0 saturated heterocycles. The summed E-state index contributed by atoms with van der Waals surface area (Å²) in [5, 5.41) is 2.96. The topological polar surface area (TPSA) is 21.3 Å². The standard InChI is InChI=1S/C12H19F4NO/c1-17-10(9-5-3-2-4-6-9)7-18-8-12(15,16)11(13)14/h5,10-11,17H,2-4,6-8H2,1H3. The molecule has 1 aliphatic rings. The van der Waals surface area contributed by atoms with Crippen molar-refractivity contribution in [2.45, 2.75) is 44.1 Å². The van der Waals surface area contributed by atoms with Crippen LogP contribution in [0.3, 0.4) is 0 Å². The third-order valence-corrected chi connectivity index (χ3v) is 3.02. The quantitative estimate of drug-likeness (QED) is 0.566. The second-order valence-electron chi connectivity index (χ2n) is 4.44. The minimum absolute atomic E-state index is 0.00928. The molecule has 0 radical (unpaired) electrons. The molecule has 1 unspecified atom stereocenters. The molecule has 106 valence electrons. The molecule has 18 heavy (non-hydrogen) atoms. The Morgan fingerprint density at radius 3 is 2.61 bits per heavy atom. The summed E-state index contributed by atoms with van der Waals surface area (Å²) in [4.78, 5) is 0. The fourth-order valence-corrected chi connectivity index (χ4v) is 1.93. The lowest BCUT2D eigenvalue weighted by molar-refractivity contribution is -0.166. The van der Waals surface area contributed by atoms with Crippen molar-refractivity contribution >= 4 is 0 Å². The number of hydrogen-bond donors (Lipinski definition) is 1. The number of alkyl halides is 4. The maximum absolute atomic E-state index is 12.6. The zero-order valence-corrected chi connectivity index (χ0v) is 10.4. The molecule has 1 atom stereocenters. The largest absolute Gasteiger partial charge is 0.373 e. The van der Waals surface area contributed by atoms with Gasteiger partial charge in [0.1, 0.15) is 6.61 Å². The van der Waals surface area contributed by atoms with E-state index in [0.29, 0.717) is 0 Å². The SMILES string of the molecule is CNC(COCC(F)(F)C(F)F)C1=CCCCC1. The van der Waals surface area contributed by atoms with Crippen molar-refractivity contribution in [3.8, 4) is 0 Å². The van der Waals surface area contributed by atoms with E-state index in [-0.39, 0.29) is 12.6 Å². The highest BCUT2D eigenvalue weighted by molar-refractivity contribution is 5.13. The van der Waals surface area contributed by atoms with Crippen LogP contribution in [0.2, 0.25) is 0 Å². The van der Waals surface area contributed by atoms with Gasteiger partial charge in [0.2, 0.25) is 0 Å². The number of hydrogen-bond acceptors (Lipinski definition) is 2. The molecule has 0 amide bonds. The molecule has 6 heteroatoms. The molecule has 0 fully saturated rings. The average molecular weight is 269 g/mol. The van der Waals surface area contributed by atoms with Crippen molar-refractivity contribution in [3.05, 3.63) is 11.6 Å². The summed E-state index contributed by atoms with van der Waals surface area (Å²) in [6, 6.07) is -0.168. The maximum atomic E-state index is 12.6.